The first-order valence-corrected chi connectivity index (χ1v) is 17.0. The summed E-state index contributed by atoms with van der Waals surface area (Å²) in [6, 6.07) is 0. The van der Waals surface area contributed by atoms with Crippen LogP contribution in [0.15, 0.2) is 0 Å². The zero-order valence-electron chi connectivity index (χ0n) is 16.1. The molecular formula is C13H33O6Si4. The average molecular weight is 398 g/mol. The Kier molecular flexibility index (Phi) is 9.62. The van der Waals surface area contributed by atoms with Crippen molar-refractivity contribution in [2.24, 2.45) is 0 Å². The maximum Gasteiger partial charge on any atom is 0.335 e. The first-order chi connectivity index (χ1) is 10.3. The highest BCUT2D eigenvalue weighted by molar-refractivity contribution is 6.68. The van der Waals surface area contributed by atoms with Gasteiger partial charge < -0.3 is 26.6 Å². The first-order valence-electron chi connectivity index (χ1n) is 8.07. The summed E-state index contributed by atoms with van der Waals surface area (Å²) in [5.41, 5.74) is -1.43. The molecule has 0 N–H and O–H groups in total. The Morgan fingerprint density at radius 3 is 1.00 bits per heavy atom. The Morgan fingerprint density at radius 1 is 0.609 bits per heavy atom. The van der Waals surface area contributed by atoms with Crippen molar-refractivity contribution in [2.75, 3.05) is 19.8 Å². The van der Waals surface area contributed by atoms with Gasteiger partial charge in [0, 0.05) is 19.8 Å². The summed E-state index contributed by atoms with van der Waals surface area (Å²) in [5, 5.41) is 0. The predicted molar refractivity (Wildman–Crippen MR) is 99.1 cm³/mol. The summed E-state index contributed by atoms with van der Waals surface area (Å²) in [6.07, 6.45) is 0. The normalized spacial score (nSPS) is 14.3. The van der Waals surface area contributed by atoms with Crippen LogP contribution in [0.5, 0.6) is 0 Å². The molecule has 0 atom stereocenters. The largest absolute Gasteiger partial charge is 0.395 e. The van der Waals surface area contributed by atoms with E-state index < -0.39 is 31.3 Å². The van der Waals surface area contributed by atoms with Gasteiger partial charge in [0.2, 0.25) is 5.60 Å². The molecule has 10 heteroatoms. The Labute approximate surface area is 148 Å². The van der Waals surface area contributed by atoms with Crippen LogP contribution in [0, 0.1) is 0 Å². The lowest BCUT2D eigenvalue weighted by atomic mass is 10.9. The molecule has 0 spiro atoms. The third-order valence-corrected chi connectivity index (χ3v) is 8.77. The van der Waals surface area contributed by atoms with Crippen LogP contribution in [0.3, 0.4) is 0 Å². The van der Waals surface area contributed by atoms with E-state index >= 15 is 0 Å². The zero-order valence-corrected chi connectivity index (χ0v) is 20.1. The van der Waals surface area contributed by atoms with Gasteiger partial charge in [-0.2, -0.15) is 0 Å². The highest BCUT2D eigenvalue weighted by Crippen LogP contribution is 2.28. The van der Waals surface area contributed by atoms with E-state index in [-0.39, 0.29) is 0 Å². The van der Waals surface area contributed by atoms with Gasteiger partial charge in [0.15, 0.2) is 10.2 Å². The molecule has 23 heavy (non-hydrogen) atoms. The van der Waals surface area contributed by atoms with Gasteiger partial charge in [-0.15, -0.1) is 0 Å². The highest BCUT2D eigenvalue weighted by Gasteiger charge is 2.47. The van der Waals surface area contributed by atoms with Crippen molar-refractivity contribution < 1.29 is 26.6 Å². The van der Waals surface area contributed by atoms with Gasteiger partial charge in [-0.25, -0.2) is 0 Å². The summed E-state index contributed by atoms with van der Waals surface area (Å²) in [6.45, 7) is 19.2. The fourth-order valence-electron chi connectivity index (χ4n) is 2.16. The quantitative estimate of drug-likeness (QED) is 0.373. The van der Waals surface area contributed by atoms with Crippen LogP contribution in [0.2, 0.25) is 39.3 Å². The molecule has 0 heterocycles. The second kappa shape index (κ2) is 9.36. The molecule has 0 aromatic carbocycles. The Bertz CT molecular complexity index is 301. The molecule has 0 saturated heterocycles. The topological polar surface area (TPSA) is 55.4 Å². The smallest absolute Gasteiger partial charge is 0.335 e. The Balaban J connectivity index is 5.34. The van der Waals surface area contributed by atoms with Crippen molar-refractivity contribution in [1.29, 1.82) is 0 Å². The van der Waals surface area contributed by atoms with Crippen LogP contribution in [-0.4, -0.2) is 61.3 Å². The lowest BCUT2D eigenvalue weighted by Gasteiger charge is -2.43. The molecule has 0 aliphatic carbocycles. The standard InChI is InChI=1S/C13H33O6Si4/c1-10-14-21(4,5)17-13(20,18-22(6,7)15-11-2)19-23(8,9)16-12-3/h10-12H2,1-9H3. The van der Waals surface area contributed by atoms with E-state index in [1.807, 2.05) is 60.1 Å². The van der Waals surface area contributed by atoms with E-state index in [0.717, 1.165) is 0 Å². The lowest BCUT2D eigenvalue weighted by molar-refractivity contribution is -0.225. The molecule has 6 nitrogen and oxygen atoms in total. The maximum absolute atomic E-state index is 6.13. The van der Waals surface area contributed by atoms with Crippen molar-refractivity contribution in [1.82, 2.24) is 0 Å². The van der Waals surface area contributed by atoms with E-state index in [4.69, 9.17) is 26.6 Å². The van der Waals surface area contributed by atoms with Crippen LogP contribution in [-0.2, 0) is 26.6 Å². The van der Waals surface area contributed by atoms with E-state index in [1.54, 1.807) is 0 Å². The average Bonchev–Trinajstić information content (AvgIpc) is 2.23. The minimum Gasteiger partial charge on any atom is -0.395 e. The van der Waals surface area contributed by atoms with Gasteiger partial charge in [0.1, 0.15) is 0 Å². The second-order valence-electron chi connectivity index (χ2n) is 6.36. The minimum absolute atomic E-state index is 0.570. The molecule has 137 valence electrons. The molecule has 0 saturated carbocycles. The third kappa shape index (κ3) is 10.3. The molecular weight excluding hydrogens is 364 g/mol. The fraction of sp³-hybridized carbons (Fsp3) is 1.00. The number of rotatable bonds is 12. The number of hydrogen-bond donors (Lipinski definition) is 0. The number of hydrogen-bond acceptors (Lipinski definition) is 6. The van der Waals surface area contributed by atoms with Crippen molar-refractivity contribution in [2.45, 2.75) is 65.6 Å². The highest BCUT2D eigenvalue weighted by atomic mass is 28.4. The molecule has 0 fully saturated rings. The molecule has 3 radical (unpaired) electrons. The van der Waals surface area contributed by atoms with Gasteiger partial charge in [0.25, 0.3) is 0 Å². The van der Waals surface area contributed by atoms with Crippen LogP contribution < -0.4 is 0 Å². The fourth-order valence-corrected chi connectivity index (χ4v) is 9.08. The van der Waals surface area contributed by atoms with E-state index in [2.05, 4.69) is 10.2 Å². The van der Waals surface area contributed by atoms with Crippen LogP contribution in [0.1, 0.15) is 20.8 Å². The molecule has 0 aliphatic rings. The summed E-state index contributed by atoms with van der Waals surface area (Å²) < 4.78 is 35.6. The molecule has 0 aromatic rings. The lowest BCUT2D eigenvalue weighted by Crippen LogP contribution is -2.60. The van der Waals surface area contributed by atoms with Gasteiger partial charge >= 0.3 is 25.7 Å². The van der Waals surface area contributed by atoms with Crippen molar-refractivity contribution >= 4 is 35.9 Å². The van der Waals surface area contributed by atoms with Gasteiger partial charge in [-0.3, -0.25) is 0 Å². The maximum atomic E-state index is 6.13. The molecule has 0 bridgehead atoms. The monoisotopic (exact) mass is 397 g/mol. The van der Waals surface area contributed by atoms with Gasteiger partial charge in [-0.1, -0.05) is 0 Å². The first kappa shape index (κ1) is 23.6. The summed E-state index contributed by atoms with van der Waals surface area (Å²) in [7, 11) is -3.78. The van der Waals surface area contributed by atoms with Crippen molar-refractivity contribution in [3.05, 3.63) is 0 Å². The summed E-state index contributed by atoms with van der Waals surface area (Å²) in [5.74, 6) is 0. The van der Waals surface area contributed by atoms with Crippen LogP contribution in [0.4, 0.5) is 0 Å². The third-order valence-electron chi connectivity index (χ3n) is 2.62. The van der Waals surface area contributed by atoms with E-state index in [1.165, 1.54) is 0 Å². The van der Waals surface area contributed by atoms with Crippen LogP contribution >= 0.6 is 0 Å². The predicted octanol–water partition coefficient (Wildman–Crippen LogP) is 3.03. The van der Waals surface area contributed by atoms with E-state index in [0.29, 0.717) is 19.8 Å². The van der Waals surface area contributed by atoms with Crippen molar-refractivity contribution in [3.8, 4) is 0 Å². The SMILES string of the molecule is CCO[Si](C)(C)OC([Si])(O[Si](C)(C)OCC)O[Si](C)(C)OCC. The zero-order chi connectivity index (χ0) is 18.4. The van der Waals surface area contributed by atoms with Crippen LogP contribution in [0.25, 0.3) is 0 Å². The molecule has 0 aliphatic heterocycles. The Morgan fingerprint density at radius 2 is 0.826 bits per heavy atom. The van der Waals surface area contributed by atoms with Gasteiger partial charge in [-0.05, 0) is 60.1 Å². The van der Waals surface area contributed by atoms with Crippen molar-refractivity contribution in [3.63, 3.8) is 0 Å². The molecule has 0 aromatic heterocycles. The van der Waals surface area contributed by atoms with E-state index in [9.17, 15) is 0 Å². The summed E-state index contributed by atoms with van der Waals surface area (Å²) in [4.78, 5) is 0. The summed E-state index contributed by atoms with van der Waals surface area (Å²) >= 11 is 0. The van der Waals surface area contributed by atoms with Gasteiger partial charge in [0.05, 0.1) is 0 Å². The second-order valence-corrected chi connectivity index (χ2v) is 16.9. The Hall–Kier alpha value is 0.628. The molecule has 0 unspecified atom stereocenters. The minimum atomic E-state index is -2.45. The molecule has 0 amide bonds. The molecule has 0 rings (SSSR count).